The van der Waals surface area contributed by atoms with Crippen molar-refractivity contribution in [3.8, 4) is 0 Å². The van der Waals surface area contributed by atoms with Gasteiger partial charge in [-0.05, 0) is 13.0 Å². The van der Waals surface area contributed by atoms with Gasteiger partial charge in [-0.2, -0.15) is 0 Å². The summed E-state index contributed by atoms with van der Waals surface area (Å²) in [4.78, 5) is 20.0. The van der Waals surface area contributed by atoms with E-state index < -0.39 is 5.60 Å². The van der Waals surface area contributed by atoms with E-state index in [-0.39, 0.29) is 18.1 Å². The first-order chi connectivity index (χ1) is 11.6. The quantitative estimate of drug-likeness (QED) is 0.877. The number of oxime groups is 1. The molecule has 6 nitrogen and oxygen atoms in total. The molecule has 24 heavy (non-hydrogen) atoms. The molecular weight excluding hydrogens is 313 g/mol. The number of nitrogens with one attached hydrogen (secondary N) is 1. The van der Waals surface area contributed by atoms with Crippen LogP contribution in [0.2, 0.25) is 0 Å². The molecule has 1 aromatic carbocycles. The number of nitrogens with zero attached hydrogens (tertiary/aromatic N) is 2. The third kappa shape index (κ3) is 3.73. The maximum Gasteiger partial charge on any atom is 0.267 e. The van der Waals surface area contributed by atoms with Crippen molar-refractivity contribution >= 4 is 11.6 Å². The molecule has 0 radical (unpaired) electrons. The smallest absolute Gasteiger partial charge is 0.267 e. The van der Waals surface area contributed by atoms with E-state index in [4.69, 9.17) is 9.57 Å². The summed E-state index contributed by atoms with van der Waals surface area (Å²) in [5, 5.41) is 6.81. The van der Waals surface area contributed by atoms with Gasteiger partial charge in [0.15, 0.2) is 0 Å². The summed E-state index contributed by atoms with van der Waals surface area (Å²) in [6.07, 6.45) is 0.247. The highest BCUT2D eigenvalue weighted by Crippen LogP contribution is 2.27. The monoisotopic (exact) mass is 335 g/mol. The number of benzene rings is 1. The van der Waals surface area contributed by atoms with Gasteiger partial charge in [0, 0.05) is 38.2 Å². The highest BCUT2D eigenvalue weighted by Gasteiger charge is 2.42. The molecule has 7 heteroatoms. The summed E-state index contributed by atoms with van der Waals surface area (Å²) in [7, 11) is 0. The molecule has 1 saturated heterocycles. The number of ether oxygens (including phenoxy) is 1. The predicted octanol–water partition coefficient (Wildman–Crippen LogP) is 1.16. The van der Waals surface area contributed by atoms with Gasteiger partial charge in [-0.25, -0.2) is 4.39 Å². The average Bonchev–Trinajstić information content (AvgIpc) is 3.00. The van der Waals surface area contributed by atoms with Crippen molar-refractivity contribution < 1.29 is 18.8 Å². The summed E-state index contributed by atoms with van der Waals surface area (Å²) in [6.45, 7) is 6.20. The SMILES string of the molecule is C[C@]1(C(=O)NCCN2CCOCC2)CC(c2ccccc2F)=NO1. The first kappa shape index (κ1) is 16.9. The summed E-state index contributed by atoms with van der Waals surface area (Å²) >= 11 is 0. The standard InChI is InChI=1S/C17H22FN3O3/c1-17(16(22)19-6-7-21-8-10-23-11-9-21)12-15(20-24-17)13-4-2-3-5-14(13)18/h2-5H,6-12H2,1H3,(H,19,22)/t17-/m1/s1. The van der Waals surface area contributed by atoms with Crippen molar-refractivity contribution in [1.82, 2.24) is 10.2 Å². The van der Waals surface area contributed by atoms with E-state index in [0.717, 1.165) is 32.8 Å². The highest BCUT2D eigenvalue weighted by atomic mass is 19.1. The second-order valence-electron chi connectivity index (χ2n) is 6.23. The van der Waals surface area contributed by atoms with Crippen molar-refractivity contribution in [3.05, 3.63) is 35.6 Å². The Hall–Kier alpha value is -1.99. The van der Waals surface area contributed by atoms with Gasteiger partial charge in [0.2, 0.25) is 5.60 Å². The van der Waals surface area contributed by atoms with Crippen LogP contribution in [0.5, 0.6) is 0 Å². The van der Waals surface area contributed by atoms with Crippen LogP contribution in [0.3, 0.4) is 0 Å². The molecule has 1 fully saturated rings. The molecule has 0 spiro atoms. The van der Waals surface area contributed by atoms with Gasteiger partial charge in [-0.1, -0.05) is 23.4 Å². The van der Waals surface area contributed by atoms with Crippen LogP contribution >= 0.6 is 0 Å². The number of hydrogen-bond donors (Lipinski definition) is 1. The summed E-state index contributed by atoms with van der Waals surface area (Å²) in [5.41, 5.74) is -0.260. The lowest BCUT2D eigenvalue weighted by atomic mass is 9.95. The normalized spacial score (nSPS) is 24.3. The Kier molecular flexibility index (Phi) is 5.11. The van der Waals surface area contributed by atoms with Gasteiger partial charge < -0.3 is 14.9 Å². The second-order valence-corrected chi connectivity index (χ2v) is 6.23. The number of rotatable bonds is 5. The number of hydrogen-bond acceptors (Lipinski definition) is 5. The Labute approximate surface area is 140 Å². The number of morpholine rings is 1. The summed E-state index contributed by atoms with van der Waals surface area (Å²) in [6, 6.07) is 6.36. The molecule has 3 rings (SSSR count). The molecular formula is C17H22FN3O3. The van der Waals surface area contributed by atoms with Crippen LogP contribution in [0, 0.1) is 5.82 Å². The van der Waals surface area contributed by atoms with Crippen LogP contribution in [0.15, 0.2) is 29.4 Å². The summed E-state index contributed by atoms with van der Waals surface area (Å²) in [5.74, 6) is -0.595. The molecule has 2 heterocycles. The molecule has 0 aliphatic carbocycles. The minimum absolute atomic E-state index is 0.231. The fraction of sp³-hybridized carbons (Fsp3) is 0.529. The lowest BCUT2D eigenvalue weighted by Gasteiger charge is -2.27. The first-order valence-corrected chi connectivity index (χ1v) is 8.17. The molecule has 130 valence electrons. The Morgan fingerprint density at radius 3 is 2.88 bits per heavy atom. The van der Waals surface area contributed by atoms with Crippen LogP contribution in [0.1, 0.15) is 18.9 Å². The van der Waals surface area contributed by atoms with Gasteiger partial charge in [-0.3, -0.25) is 9.69 Å². The van der Waals surface area contributed by atoms with Gasteiger partial charge in [-0.15, -0.1) is 0 Å². The van der Waals surface area contributed by atoms with Crippen LogP contribution in [-0.2, 0) is 14.4 Å². The van der Waals surface area contributed by atoms with E-state index in [1.54, 1.807) is 25.1 Å². The van der Waals surface area contributed by atoms with Gasteiger partial charge in [0.05, 0.1) is 18.9 Å². The van der Waals surface area contributed by atoms with Crippen LogP contribution < -0.4 is 5.32 Å². The molecule has 0 bridgehead atoms. The van der Waals surface area contributed by atoms with E-state index in [1.165, 1.54) is 6.07 Å². The molecule has 1 N–H and O–H groups in total. The van der Waals surface area contributed by atoms with Gasteiger partial charge in [0.1, 0.15) is 5.82 Å². The minimum Gasteiger partial charge on any atom is -0.379 e. The molecule has 1 atom stereocenters. The largest absolute Gasteiger partial charge is 0.379 e. The van der Waals surface area contributed by atoms with E-state index in [2.05, 4.69) is 15.4 Å². The number of carbonyl (C=O) groups excluding carboxylic acids is 1. The molecule has 2 aliphatic rings. The van der Waals surface area contributed by atoms with Crippen LogP contribution in [-0.4, -0.2) is 61.5 Å². The maximum absolute atomic E-state index is 13.9. The third-order valence-corrected chi connectivity index (χ3v) is 4.34. The zero-order chi connectivity index (χ0) is 17.0. The fourth-order valence-electron chi connectivity index (χ4n) is 2.84. The van der Waals surface area contributed by atoms with Crippen molar-refractivity contribution in [2.75, 3.05) is 39.4 Å². The Balaban J connectivity index is 1.51. The van der Waals surface area contributed by atoms with E-state index in [9.17, 15) is 9.18 Å². The van der Waals surface area contributed by atoms with E-state index >= 15 is 0 Å². The maximum atomic E-state index is 13.9. The molecule has 1 amide bonds. The van der Waals surface area contributed by atoms with Crippen molar-refractivity contribution in [2.24, 2.45) is 5.16 Å². The minimum atomic E-state index is -1.09. The molecule has 1 aromatic rings. The number of carbonyl (C=O) groups is 1. The summed E-state index contributed by atoms with van der Waals surface area (Å²) < 4.78 is 19.1. The van der Waals surface area contributed by atoms with Crippen molar-refractivity contribution in [3.63, 3.8) is 0 Å². The second kappa shape index (κ2) is 7.27. The molecule has 0 unspecified atom stereocenters. The third-order valence-electron chi connectivity index (χ3n) is 4.34. The molecule has 0 aromatic heterocycles. The van der Waals surface area contributed by atoms with Gasteiger partial charge in [0.25, 0.3) is 5.91 Å². The zero-order valence-electron chi connectivity index (χ0n) is 13.8. The fourth-order valence-corrected chi connectivity index (χ4v) is 2.84. The molecule has 0 saturated carbocycles. The van der Waals surface area contributed by atoms with Gasteiger partial charge >= 0.3 is 0 Å². The van der Waals surface area contributed by atoms with Crippen LogP contribution in [0.25, 0.3) is 0 Å². The number of amides is 1. The predicted molar refractivity (Wildman–Crippen MR) is 87.3 cm³/mol. The van der Waals surface area contributed by atoms with E-state index in [0.29, 0.717) is 17.8 Å². The average molecular weight is 335 g/mol. The van der Waals surface area contributed by atoms with E-state index in [1.807, 2.05) is 0 Å². The Morgan fingerprint density at radius 2 is 2.12 bits per heavy atom. The number of halogens is 1. The first-order valence-electron chi connectivity index (χ1n) is 8.17. The Bertz CT molecular complexity index is 631. The topological polar surface area (TPSA) is 63.2 Å². The van der Waals surface area contributed by atoms with Crippen molar-refractivity contribution in [2.45, 2.75) is 18.9 Å². The Morgan fingerprint density at radius 1 is 1.38 bits per heavy atom. The lowest BCUT2D eigenvalue weighted by Crippen LogP contribution is -2.48. The highest BCUT2D eigenvalue weighted by molar-refractivity contribution is 6.05. The molecule has 2 aliphatic heterocycles. The lowest BCUT2D eigenvalue weighted by molar-refractivity contribution is -0.141. The van der Waals surface area contributed by atoms with Crippen LogP contribution in [0.4, 0.5) is 4.39 Å². The zero-order valence-corrected chi connectivity index (χ0v) is 13.8. The van der Waals surface area contributed by atoms with Crippen molar-refractivity contribution in [1.29, 1.82) is 0 Å².